The molecule has 0 aliphatic heterocycles. The highest BCUT2D eigenvalue weighted by molar-refractivity contribution is 6.67. The number of hydrogen-bond acceptors (Lipinski definition) is 3. The Morgan fingerprint density at radius 2 is 2.06 bits per heavy atom. The molecule has 0 aromatic carbocycles. The van der Waals surface area contributed by atoms with E-state index < -0.39 is 21.2 Å². The van der Waals surface area contributed by atoms with Gasteiger partial charge in [0.1, 0.15) is 0 Å². The fourth-order valence-electron chi connectivity index (χ4n) is 1.17. The van der Waals surface area contributed by atoms with Gasteiger partial charge in [-0.1, -0.05) is 34.8 Å². The van der Waals surface area contributed by atoms with Crippen molar-refractivity contribution in [3.63, 3.8) is 0 Å². The van der Waals surface area contributed by atoms with Crippen molar-refractivity contribution in [1.82, 2.24) is 14.9 Å². The van der Waals surface area contributed by atoms with Crippen molar-refractivity contribution in [3.05, 3.63) is 32.6 Å². The van der Waals surface area contributed by atoms with Gasteiger partial charge in [-0.25, -0.2) is 4.79 Å². The van der Waals surface area contributed by atoms with Gasteiger partial charge in [-0.3, -0.25) is 19.1 Å². The van der Waals surface area contributed by atoms with Crippen LogP contribution in [0.1, 0.15) is 11.7 Å². The number of aromatic amines is 1. The number of H-pyrrole nitrogens is 1. The molecule has 1 rings (SSSR count). The summed E-state index contributed by atoms with van der Waals surface area (Å²) in [5.41, 5.74) is -1.08. The maximum atomic E-state index is 11.5. The lowest BCUT2D eigenvalue weighted by molar-refractivity contribution is -0.110. The molecule has 1 heterocycles. The summed E-state index contributed by atoms with van der Waals surface area (Å²) in [5, 5.41) is 2.19. The predicted octanol–water partition coefficient (Wildman–Crippen LogP) is 0.460. The van der Waals surface area contributed by atoms with Gasteiger partial charge in [-0.15, -0.1) is 0 Å². The van der Waals surface area contributed by atoms with E-state index in [1.54, 1.807) is 0 Å². The Balaban J connectivity index is 3.38. The quantitative estimate of drug-likeness (QED) is 0.628. The molecule has 0 fully saturated rings. The summed E-state index contributed by atoms with van der Waals surface area (Å²) < 4.78 is -1.01. The molecule has 17 heavy (non-hydrogen) atoms. The van der Waals surface area contributed by atoms with E-state index in [0.29, 0.717) is 6.41 Å². The average molecular weight is 301 g/mol. The summed E-state index contributed by atoms with van der Waals surface area (Å²) in [4.78, 5) is 35.2. The maximum absolute atomic E-state index is 11.5. The largest absolute Gasteiger partial charge is 0.334 e. The highest BCUT2D eigenvalue weighted by Gasteiger charge is 2.34. The molecule has 2 N–H and O–H groups in total. The SMILES string of the molecule is Cc1cn([C@H](NC=O)C(Cl)(Cl)Cl)c(=O)[nH]c1=O. The minimum Gasteiger partial charge on any atom is -0.334 e. The Kier molecular flexibility index (Phi) is 4.24. The van der Waals surface area contributed by atoms with Crippen molar-refractivity contribution in [3.8, 4) is 0 Å². The number of rotatable bonds is 3. The number of aromatic nitrogens is 2. The second kappa shape index (κ2) is 5.12. The molecule has 0 spiro atoms. The minimum absolute atomic E-state index is 0.247. The highest BCUT2D eigenvalue weighted by atomic mass is 35.6. The molecule has 0 aliphatic carbocycles. The van der Waals surface area contributed by atoms with Gasteiger partial charge in [-0.2, -0.15) is 0 Å². The van der Waals surface area contributed by atoms with Crippen LogP contribution in [0.15, 0.2) is 15.8 Å². The van der Waals surface area contributed by atoms with Gasteiger partial charge in [0, 0.05) is 11.8 Å². The number of amides is 1. The van der Waals surface area contributed by atoms with Gasteiger partial charge in [0.25, 0.3) is 5.56 Å². The van der Waals surface area contributed by atoms with Crippen molar-refractivity contribution >= 4 is 41.2 Å². The summed E-state index contributed by atoms with van der Waals surface area (Å²) in [6.07, 6.45) is 0.275. The summed E-state index contributed by atoms with van der Waals surface area (Å²) in [5.74, 6) is 0. The smallest absolute Gasteiger partial charge is 0.330 e. The highest BCUT2D eigenvalue weighted by Crippen LogP contribution is 2.35. The normalized spacial score (nSPS) is 13.2. The lowest BCUT2D eigenvalue weighted by atomic mass is 10.4. The standard InChI is InChI=1S/C8H8Cl3N3O3/c1-4-2-14(7(17)13-5(4)16)6(12-3-15)8(9,10)11/h2-3,6H,1H3,(H,12,15)(H,13,16,17)/t6-/m0/s1. The van der Waals surface area contributed by atoms with E-state index in [9.17, 15) is 14.4 Å². The van der Waals surface area contributed by atoms with E-state index in [-0.39, 0.29) is 5.56 Å². The molecule has 9 heteroatoms. The molecule has 6 nitrogen and oxygen atoms in total. The van der Waals surface area contributed by atoms with Crippen LogP contribution in [0, 0.1) is 6.92 Å². The maximum Gasteiger partial charge on any atom is 0.330 e. The van der Waals surface area contributed by atoms with Gasteiger partial charge < -0.3 is 5.32 Å². The third kappa shape index (κ3) is 3.24. The van der Waals surface area contributed by atoms with Crippen LogP contribution in [0.5, 0.6) is 0 Å². The monoisotopic (exact) mass is 299 g/mol. The minimum atomic E-state index is -1.94. The Labute approximate surface area is 110 Å². The molecular formula is C8H8Cl3N3O3. The first-order valence-electron chi connectivity index (χ1n) is 4.36. The van der Waals surface area contributed by atoms with Crippen molar-refractivity contribution < 1.29 is 4.79 Å². The van der Waals surface area contributed by atoms with E-state index >= 15 is 0 Å². The van der Waals surface area contributed by atoms with Crippen LogP contribution in [0.3, 0.4) is 0 Å². The van der Waals surface area contributed by atoms with E-state index in [0.717, 1.165) is 4.57 Å². The Morgan fingerprint density at radius 3 is 2.53 bits per heavy atom. The summed E-state index contributed by atoms with van der Waals surface area (Å²) in [7, 11) is 0. The van der Waals surface area contributed by atoms with Gasteiger partial charge in [0.05, 0.1) is 0 Å². The fraction of sp³-hybridized carbons (Fsp3) is 0.375. The van der Waals surface area contributed by atoms with Gasteiger partial charge in [0.15, 0.2) is 6.17 Å². The molecule has 0 saturated carbocycles. The van der Waals surface area contributed by atoms with Crippen LogP contribution in [0.25, 0.3) is 0 Å². The third-order valence-corrected chi connectivity index (χ3v) is 2.58. The molecule has 0 aliphatic rings. The van der Waals surface area contributed by atoms with Crippen LogP contribution < -0.4 is 16.6 Å². The molecule has 1 atom stereocenters. The Hall–Kier alpha value is -0.980. The molecule has 0 unspecified atom stereocenters. The van der Waals surface area contributed by atoms with Gasteiger partial charge in [0.2, 0.25) is 10.2 Å². The van der Waals surface area contributed by atoms with Crippen molar-refractivity contribution in [2.75, 3.05) is 0 Å². The molecule has 1 amide bonds. The third-order valence-electron chi connectivity index (χ3n) is 1.96. The zero-order valence-corrected chi connectivity index (χ0v) is 10.8. The number of nitrogens with one attached hydrogen (secondary N) is 2. The molecule has 0 bridgehead atoms. The van der Waals surface area contributed by atoms with Gasteiger partial charge in [-0.05, 0) is 6.92 Å². The van der Waals surface area contributed by atoms with Crippen molar-refractivity contribution in [2.24, 2.45) is 0 Å². The lowest BCUT2D eigenvalue weighted by Crippen LogP contribution is -2.44. The van der Waals surface area contributed by atoms with E-state index in [1.807, 2.05) is 4.98 Å². The van der Waals surface area contributed by atoms with E-state index in [2.05, 4.69) is 5.32 Å². The number of carbonyl (C=O) groups is 1. The topological polar surface area (TPSA) is 84.0 Å². The van der Waals surface area contributed by atoms with Crippen LogP contribution in [0.4, 0.5) is 0 Å². The average Bonchev–Trinajstić information content (AvgIpc) is 2.19. The van der Waals surface area contributed by atoms with Crippen LogP contribution >= 0.6 is 34.8 Å². The molecule has 94 valence electrons. The van der Waals surface area contributed by atoms with Crippen LogP contribution in [-0.4, -0.2) is 19.8 Å². The summed E-state index contributed by atoms with van der Waals surface area (Å²) >= 11 is 16.9. The first-order chi connectivity index (χ1) is 7.77. The molecule has 0 saturated heterocycles. The zero-order chi connectivity index (χ0) is 13.2. The second-order valence-electron chi connectivity index (χ2n) is 3.21. The number of alkyl halides is 3. The molecule has 1 aromatic rings. The number of carbonyl (C=O) groups excluding carboxylic acids is 1. The van der Waals surface area contributed by atoms with E-state index in [1.165, 1.54) is 13.1 Å². The zero-order valence-electron chi connectivity index (χ0n) is 8.54. The summed E-state index contributed by atoms with van der Waals surface area (Å²) in [6.45, 7) is 1.48. The number of hydrogen-bond donors (Lipinski definition) is 2. The Morgan fingerprint density at radius 1 is 1.47 bits per heavy atom. The number of nitrogens with zero attached hydrogens (tertiary/aromatic N) is 1. The van der Waals surface area contributed by atoms with E-state index in [4.69, 9.17) is 34.8 Å². The number of halogens is 3. The first-order valence-corrected chi connectivity index (χ1v) is 5.49. The molecule has 1 aromatic heterocycles. The summed E-state index contributed by atoms with van der Waals surface area (Å²) in [6, 6.07) is 0. The lowest BCUT2D eigenvalue weighted by Gasteiger charge is -2.25. The first kappa shape index (κ1) is 14.1. The van der Waals surface area contributed by atoms with Crippen molar-refractivity contribution in [1.29, 1.82) is 0 Å². The van der Waals surface area contributed by atoms with Crippen LogP contribution in [-0.2, 0) is 4.79 Å². The van der Waals surface area contributed by atoms with Gasteiger partial charge >= 0.3 is 5.69 Å². The fourth-order valence-corrected chi connectivity index (χ4v) is 1.68. The second-order valence-corrected chi connectivity index (χ2v) is 5.58. The van der Waals surface area contributed by atoms with Crippen LogP contribution in [0.2, 0.25) is 0 Å². The number of aryl methyl sites for hydroxylation is 1. The predicted molar refractivity (Wildman–Crippen MR) is 64.6 cm³/mol. The Bertz CT molecular complexity index is 531. The molecular weight excluding hydrogens is 292 g/mol. The molecule has 0 radical (unpaired) electrons. The van der Waals surface area contributed by atoms with Crippen molar-refractivity contribution in [2.45, 2.75) is 16.9 Å².